The van der Waals surface area contributed by atoms with Crippen LogP contribution < -0.4 is 5.32 Å². The van der Waals surface area contributed by atoms with Gasteiger partial charge < -0.3 is 10.4 Å². The van der Waals surface area contributed by atoms with Crippen LogP contribution in [0.15, 0.2) is 18.5 Å². The van der Waals surface area contributed by atoms with E-state index in [1.165, 1.54) is 0 Å². The standard InChI is InChI=1S/C16H21N5O2/c1-9-4-14(19-10(2)18-9)16(23)20-15(11-5-13(22)6-11)12-7-17-21(3)8-12/h4,7-8,11,13,15,22H,5-6H2,1-3H3,(H,20,23)/t11?,13?,15-/m1/s1. The van der Waals surface area contributed by atoms with Gasteiger partial charge in [-0.3, -0.25) is 9.48 Å². The second-order valence-electron chi connectivity index (χ2n) is 6.23. The number of nitrogens with zero attached hydrogens (tertiary/aromatic N) is 4. The Kier molecular flexibility index (Phi) is 4.12. The highest BCUT2D eigenvalue weighted by Crippen LogP contribution is 2.38. The van der Waals surface area contributed by atoms with Crippen LogP contribution >= 0.6 is 0 Å². The van der Waals surface area contributed by atoms with Crippen LogP contribution in [0.2, 0.25) is 0 Å². The Bertz CT molecular complexity index is 701. The molecule has 0 saturated heterocycles. The molecule has 1 aliphatic carbocycles. The van der Waals surface area contributed by atoms with Gasteiger partial charge in [-0.1, -0.05) is 0 Å². The maximum atomic E-state index is 12.6. The third-order valence-electron chi connectivity index (χ3n) is 4.19. The van der Waals surface area contributed by atoms with Crippen LogP contribution in [0.1, 0.15) is 46.5 Å². The number of aliphatic hydroxyl groups excluding tert-OH is 1. The quantitative estimate of drug-likeness (QED) is 0.880. The highest BCUT2D eigenvalue weighted by atomic mass is 16.3. The van der Waals surface area contributed by atoms with Crippen molar-refractivity contribution in [2.45, 2.75) is 38.8 Å². The van der Waals surface area contributed by atoms with Gasteiger partial charge in [0.05, 0.1) is 18.3 Å². The molecule has 23 heavy (non-hydrogen) atoms. The fourth-order valence-electron chi connectivity index (χ4n) is 3.02. The molecule has 1 amide bonds. The molecule has 1 aliphatic rings. The van der Waals surface area contributed by atoms with E-state index in [0.717, 1.165) is 11.3 Å². The summed E-state index contributed by atoms with van der Waals surface area (Å²) in [7, 11) is 1.84. The van der Waals surface area contributed by atoms with Gasteiger partial charge in [0.25, 0.3) is 5.91 Å². The molecule has 2 N–H and O–H groups in total. The molecule has 7 heteroatoms. The van der Waals surface area contributed by atoms with Crippen molar-refractivity contribution in [2.24, 2.45) is 13.0 Å². The van der Waals surface area contributed by atoms with Crippen LogP contribution in [-0.2, 0) is 7.05 Å². The lowest BCUT2D eigenvalue weighted by Gasteiger charge is -2.37. The Balaban J connectivity index is 1.81. The third kappa shape index (κ3) is 3.39. The Labute approximate surface area is 134 Å². The average molecular weight is 315 g/mol. The van der Waals surface area contributed by atoms with E-state index in [-0.39, 0.29) is 24.0 Å². The van der Waals surface area contributed by atoms with Crippen molar-refractivity contribution in [3.63, 3.8) is 0 Å². The number of aromatic nitrogens is 4. The zero-order chi connectivity index (χ0) is 16.6. The molecule has 7 nitrogen and oxygen atoms in total. The normalized spacial score (nSPS) is 21.6. The molecule has 122 valence electrons. The first-order chi connectivity index (χ1) is 10.9. The lowest BCUT2D eigenvalue weighted by Crippen LogP contribution is -2.41. The largest absolute Gasteiger partial charge is 0.393 e. The summed E-state index contributed by atoms with van der Waals surface area (Å²) in [6.45, 7) is 3.61. The van der Waals surface area contributed by atoms with Gasteiger partial charge in [0.15, 0.2) is 0 Å². The number of hydrogen-bond donors (Lipinski definition) is 2. The predicted octanol–water partition coefficient (Wildman–Crippen LogP) is 1.07. The molecule has 2 heterocycles. The van der Waals surface area contributed by atoms with Crippen molar-refractivity contribution in [3.8, 4) is 0 Å². The number of carbonyl (C=O) groups excluding carboxylic acids is 1. The number of carbonyl (C=O) groups is 1. The molecule has 2 aromatic rings. The highest BCUT2D eigenvalue weighted by molar-refractivity contribution is 5.92. The van der Waals surface area contributed by atoms with Gasteiger partial charge in [0.2, 0.25) is 0 Å². The number of rotatable bonds is 4. The maximum absolute atomic E-state index is 12.6. The fourth-order valence-corrected chi connectivity index (χ4v) is 3.02. The lowest BCUT2D eigenvalue weighted by molar-refractivity contribution is 0.0234. The van der Waals surface area contributed by atoms with Crippen LogP contribution in [0.25, 0.3) is 0 Å². The van der Waals surface area contributed by atoms with Crippen molar-refractivity contribution >= 4 is 5.91 Å². The molecule has 1 fully saturated rings. The fraction of sp³-hybridized carbons (Fsp3) is 0.500. The SMILES string of the molecule is Cc1cc(C(=O)N[C@@H](c2cnn(C)c2)C2CC(O)C2)nc(C)n1. The zero-order valence-corrected chi connectivity index (χ0v) is 13.5. The number of nitrogens with one attached hydrogen (secondary N) is 1. The second kappa shape index (κ2) is 6.08. The molecule has 0 aromatic carbocycles. The highest BCUT2D eigenvalue weighted by Gasteiger charge is 2.36. The van der Waals surface area contributed by atoms with Gasteiger partial charge in [-0.15, -0.1) is 0 Å². The summed E-state index contributed by atoms with van der Waals surface area (Å²) in [5.41, 5.74) is 2.07. The van der Waals surface area contributed by atoms with Crippen molar-refractivity contribution in [1.29, 1.82) is 0 Å². The van der Waals surface area contributed by atoms with Crippen molar-refractivity contribution in [1.82, 2.24) is 25.1 Å². The molecule has 0 bridgehead atoms. The monoisotopic (exact) mass is 315 g/mol. The number of hydrogen-bond acceptors (Lipinski definition) is 5. The first-order valence-electron chi connectivity index (χ1n) is 7.72. The van der Waals surface area contributed by atoms with E-state index >= 15 is 0 Å². The van der Waals surface area contributed by atoms with Crippen molar-refractivity contribution in [2.75, 3.05) is 0 Å². The van der Waals surface area contributed by atoms with E-state index in [9.17, 15) is 9.90 Å². The van der Waals surface area contributed by atoms with E-state index in [4.69, 9.17) is 0 Å². The van der Waals surface area contributed by atoms with Crippen molar-refractivity contribution in [3.05, 3.63) is 41.2 Å². The van der Waals surface area contributed by atoms with Crippen molar-refractivity contribution < 1.29 is 9.90 Å². The van der Waals surface area contributed by atoms with Gasteiger partial charge in [-0.25, -0.2) is 9.97 Å². The Hall–Kier alpha value is -2.28. The second-order valence-corrected chi connectivity index (χ2v) is 6.23. The summed E-state index contributed by atoms with van der Waals surface area (Å²) in [4.78, 5) is 21.0. The molecular formula is C16H21N5O2. The molecule has 3 rings (SSSR count). The van der Waals surface area contributed by atoms with Gasteiger partial charge in [-0.05, 0) is 38.7 Å². The topological polar surface area (TPSA) is 92.9 Å². The third-order valence-corrected chi connectivity index (χ3v) is 4.19. The summed E-state index contributed by atoms with van der Waals surface area (Å²) in [5.74, 6) is 0.558. The minimum Gasteiger partial charge on any atom is -0.393 e. The zero-order valence-electron chi connectivity index (χ0n) is 13.5. The molecule has 0 aliphatic heterocycles. The minimum absolute atomic E-state index is 0.171. The maximum Gasteiger partial charge on any atom is 0.270 e. The molecule has 1 atom stereocenters. The molecule has 2 aromatic heterocycles. The summed E-state index contributed by atoms with van der Waals surface area (Å²) in [6, 6.07) is 1.51. The van der Waals surface area contributed by atoms with Crippen LogP contribution in [0.5, 0.6) is 0 Å². The first-order valence-corrected chi connectivity index (χ1v) is 7.72. The van der Waals surface area contributed by atoms with E-state index in [1.54, 1.807) is 23.9 Å². The summed E-state index contributed by atoms with van der Waals surface area (Å²) in [5, 5.41) is 16.8. The van der Waals surface area contributed by atoms with Gasteiger partial charge >= 0.3 is 0 Å². The van der Waals surface area contributed by atoms with E-state index in [0.29, 0.717) is 24.4 Å². The molecule has 0 spiro atoms. The first kappa shape index (κ1) is 15.6. The smallest absolute Gasteiger partial charge is 0.270 e. The van der Waals surface area contributed by atoms with E-state index in [1.807, 2.05) is 20.2 Å². The summed E-state index contributed by atoms with van der Waals surface area (Å²) < 4.78 is 1.71. The number of aryl methyl sites for hydroxylation is 3. The summed E-state index contributed by atoms with van der Waals surface area (Å²) in [6.07, 6.45) is 4.74. The van der Waals surface area contributed by atoms with Crippen LogP contribution in [-0.4, -0.2) is 36.9 Å². The Morgan fingerprint density at radius 2 is 2.13 bits per heavy atom. The predicted molar refractivity (Wildman–Crippen MR) is 83.7 cm³/mol. The van der Waals surface area contributed by atoms with Gasteiger partial charge in [-0.2, -0.15) is 5.10 Å². The molecular weight excluding hydrogens is 294 g/mol. The van der Waals surface area contributed by atoms with Gasteiger partial charge in [0, 0.05) is 24.5 Å². The van der Waals surface area contributed by atoms with Gasteiger partial charge in [0.1, 0.15) is 11.5 Å². The average Bonchev–Trinajstić information content (AvgIpc) is 2.87. The number of amides is 1. The Morgan fingerprint density at radius 3 is 2.70 bits per heavy atom. The molecule has 0 unspecified atom stereocenters. The number of aliphatic hydroxyl groups is 1. The minimum atomic E-state index is -0.278. The van der Waals surface area contributed by atoms with Crippen LogP contribution in [0.3, 0.4) is 0 Å². The van der Waals surface area contributed by atoms with Crippen LogP contribution in [0, 0.1) is 19.8 Å². The molecule has 0 radical (unpaired) electrons. The Morgan fingerprint density at radius 1 is 1.39 bits per heavy atom. The van der Waals surface area contributed by atoms with E-state index in [2.05, 4.69) is 20.4 Å². The van der Waals surface area contributed by atoms with Crippen LogP contribution in [0.4, 0.5) is 0 Å². The van der Waals surface area contributed by atoms with E-state index < -0.39 is 0 Å². The molecule has 1 saturated carbocycles. The lowest BCUT2D eigenvalue weighted by atomic mass is 9.75. The summed E-state index contributed by atoms with van der Waals surface area (Å²) >= 11 is 0.